The monoisotopic (exact) mass is 472 g/mol. The van der Waals surface area contributed by atoms with Crippen molar-refractivity contribution in [2.45, 2.75) is 0 Å². The predicted octanol–water partition coefficient (Wildman–Crippen LogP) is 10.4. The highest BCUT2D eigenvalue weighted by molar-refractivity contribution is 6.29. The van der Waals surface area contributed by atoms with Gasteiger partial charge in [0, 0.05) is 0 Å². The van der Waals surface area contributed by atoms with Gasteiger partial charge in [0.05, 0.1) is 0 Å². The quantitative estimate of drug-likeness (QED) is 0.173. The first kappa shape index (κ1) is 20.4. The van der Waals surface area contributed by atoms with Crippen molar-refractivity contribution in [2.75, 3.05) is 0 Å². The molecule has 8 aromatic rings. The highest BCUT2D eigenvalue weighted by Gasteiger charge is 2.17. The third kappa shape index (κ3) is 2.95. The van der Waals surface area contributed by atoms with Gasteiger partial charge in [-0.25, -0.2) is 4.39 Å². The van der Waals surface area contributed by atoms with Crippen LogP contribution in [0.25, 0.3) is 76.1 Å². The van der Waals surface area contributed by atoms with Crippen LogP contribution in [0.2, 0.25) is 0 Å². The molecule has 0 bridgehead atoms. The zero-order valence-electron chi connectivity index (χ0n) is 20.0. The molecule has 0 heterocycles. The Morgan fingerprint density at radius 1 is 0.378 bits per heavy atom. The summed E-state index contributed by atoms with van der Waals surface area (Å²) in [6.45, 7) is 0. The van der Waals surface area contributed by atoms with Gasteiger partial charge in [0.1, 0.15) is 5.82 Å². The van der Waals surface area contributed by atoms with Gasteiger partial charge in [-0.15, -0.1) is 0 Å². The van der Waals surface area contributed by atoms with Crippen LogP contribution in [-0.4, -0.2) is 0 Å². The molecule has 0 aliphatic rings. The highest BCUT2D eigenvalue weighted by Crippen LogP contribution is 2.45. The molecule has 37 heavy (non-hydrogen) atoms. The van der Waals surface area contributed by atoms with Gasteiger partial charge < -0.3 is 0 Å². The van der Waals surface area contributed by atoms with Crippen LogP contribution in [0.1, 0.15) is 0 Å². The van der Waals surface area contributed by atoms with Gasteiger partial charge in [-0.05, 0) is 94.3 Å². The standard InChI is InChI=1S/C36H21F/c37-27-15-9-22(10-16-27)28-17-11-23-13-19-32-33(20-14-24-12-18-31(28)34(23)35(24)32)36-29-7-3-1-5-25(29)21-26-6-2-4-8-30(26)36/h1-21H. The zero-order chi connectivity index (χ0) is 24.5. The number of hydrogen-bond donors (Lipinski definition) is 0. The van der Waals surface area contributed by atoms with Gasteiger partial charge in [-0.1, -0.05) is 109 Å². The molecule has 0 aliphatic carbocycles. The van der Waals surface area contributed by atoms with Gasteiger partial charge in [0.25, 0.3) is 0 Å². The summed E-state index contributed by atoms with van der Waals surface area (Å²) in [5, 5.41) is 12.5. The van der Waals surface area contributed by atoms with Crippen LogP contribution < -0.4 is 0 Å². The van der Waals surface area contributed by atoms with E-state index in [2.05, 4.69) is 103 Å². The Morgan fingerprint density at radius 2 is 0.892 bits per heavy atom. The smallest absolute Gasteiger partial charge is 0.123 e. The van der Waals surface area contributed by atoms with E-state index in [1.54, 1.807) is 0 Å². The molecule has 0 aliphatic heterocycles. The van der Waals surface area contributed by atoms with Crippen molar-refractivity contribution >= 4 is 53.9 Å². The molecule has 8 aromatic carbocycles. The van der Waals surface area contributed by atoms with Crippen molar-refractivity contribution in [1.82, 2.24) is 0 Å². The van der Waals surface area contributed by atoms with Crippen LogP contribution >= 0.6 is 0 Å². The Bertz CT molecular complexity index is 2080. The second-order valence-corrected chi connectivity index (χ2v) is 9.85. The van der Waals surface area contributed by atoms with Gasteiger partial charge in [0.15, 0.2) is 0 Å². The maximum absolute atomic E-state index is 13.7. The van der Waals surface area contributed by atoms with Crippen LogP contribution in [0.4, 0.5) is 4.39 Å². The van der Waals surface area contributed by atoms with E-state index in [-0.39, 0.29) is 5.82 Å². The van der Waals surface area contributed by atoms with Gasteiger partial charge >= 0.3 is 0 Å². The topological polar surface area (TPSA) is 0 Å². The molecular formula is C36H21F. The lowest BCUT2D eigenvalue weighted by Gasteiger charge is -2.18. The Hall–Kier alpha value is -4.75. The van der Waals surface area contributed by atoms with Crippen molar-refractivity contribution in [1.29, 1.82) is 0 Å². The number of fused-ring (bicyclic) bond motifs is 2. The summed E-state index contributed by atoms with van der Waals surface area (Å²) in [7, 11) is 0. The number of hydrogen-bond acceptors (Lipinski definition) is 0. The SMILES string of the molecule is Fc1ccc(-c2ccc3ccc4c(-c5c6ccccc6cc6ccccc56)ccc5ccc2c3c54)cc1. The average molecular weight is 473 g/mol. The molecular weight excluding hydrogens is 451 g/mol. The molecule has 172 valence electrons. The third-order valence-electron chi connectivity index (χ3n) is 7.86. The second-order valence-electron chi connectivity index (χ2n) is 9.85. The van der Waals surface area contributed by atoms with Crippen LogP contribution in [0.15, 0.2) is 127 Å². The van der Waals surface area contributed by atoms with Gasteiger partial charge in [-0.3, -0.25) is 0 Å². The van der Waals surface area contributed by atoms with Gasteiger partial charge in [0.2, 0.25) is 0 Å². The molecule has 0 fully saturated rings. The first-order valence-corrected chi connectivity index (χ1v) is 12.6. The fraction of sp³-hybridized carbons (Fsp3) is 0. The molecule has 0 spiro atoms. The summed E-state index contributed by atoms with van der Waals surface area (Å²) < 4.78 is 13.7. The summed E-state index contributed by atoms with van der Waals surface area (Å²) >= 11 is 0. The Morgan fingerprint density at radius 3 is 1.51 bits per heavy atom. The van der Waals surface area contributed by atoms with E-state index in [1.165, 1.54) is 77.1 Å². The molecule has 0 amide bonds. The van der Waals surface area contributed by atoms with E-state index in [0.717, 1.165) is 11.1 Å². The summed E-state index contributed by atoms with van der Waals surface area (Å²) in [5.41, 5.74) is 4.69. The minimum atomic E-state index is -0.214. The largest absolute Gasteiger partial charge is 0.207 e. The highest BCUT2D eigenvalue weighted by atomic mass is 19.1. The minimum absolute atomic E-state index is 0.214. The van der Waals surface area contributed by atoms with Crippen molar-refractivity contribution in [3.05, 3.63) is 133 Å². The lowest BCUT2D eigenvalue weighted by Crippen LogP contribution is -1.91. The van der Waals surface area contributed by atoms with Crippen molar-refractivity contribution in [2.24, 2.45) is 0 Å². The fourth-order valence-electron chi connectivity index (χ4n) is 6.20. The van der Waals surface area contributed by atoms with Crippen molar-refractivity contribution in [3.63, 3.8) is 0 Å². The molecule has 0 unspecified atom stereocenters. The van der Waals surface area contributed by atoms with E-state index >= 15 is 0 Å². The number of rotatable bonds is 2. The van der Waals surface area contributed by atoms with E-state index < -0.39 is 0 Å². The number of benzene rings is 8. The van der Waals surface area contributed by atoms with Crippen LogP contribution in [-0.2, 0) is 0 Å². The van der Waals surface area contributed by atoms with Crippen LogP contribution in [0.3, 0.4) is 0 Å². The first-order valence-electron chi connectivity index (χ1n) is 12.6. The molecule has 0 N–H and O–H groups in total. The Balaban J connectivity index is 1.52. The third-order valence-corrected chi connectivity index (χ3v) is 7.86. The zero-order valence-corrected chi connectivity index (χ0v) is 20.0. The predicted molar refractivity (Wildman–Crippen MR) is 156 cm³/mol. The average Bonchev–Trinajstić information content (AvgIpc) is 2.95. The summed E-state index contributed by atoms with van der Waals surface area (Å²) in [5.74, 6) is -0.214. The van der Waals surface area contributed by atoms with Crippen molar-refractivity contribution < 1.29 is 4.39 Å². The van der Waals surface area contributed by atoms with E-state index in [9.17, 15) is 4.39 Å². The molecule has 8 rings (SSSR count). The summed E-state index contributed by atoms with van der Waals surface area (Å²) in [6, 6.07) is 44.4. The molecule has 0 nitrogen and oxygen atoms in total. The molecule has 0 atom stereocenters. The second kappa shape index (κ2) is 7.62. The molecule has 1 heteroatoms. The molecule has 0 aromatic heterocycles. The number of halogens is 1. The summed E-state index contributed by atoms with van der Waals surface area (Å²) in [6.07, 6.45) is 0. The van der Waals surface area contributed by atoms with E-state index in [4.69, 9.17) is 0 Å². The van der Waals surface area contributed by atoms with Crippen LogP contribution in [0.5, 0.6) is 0 Å². The lowest BCUT2D eigenvalue weighted by molar-refractivity contribution is 0.628. The normalized spacial score (nSPS) is 11.9. The maximum atomic E-state index is 13.7. The van der Waals surface area contributed by atoms with Gasteiger partial charge in [-0.2, -0.15) is 0 Å². The molecule has 0 saturated carbocycles. The van der Waals surface area contributed by atoms with E-state index in [0.29, 0.717) is 0 Å². The van der Waals surface area contributed by atoms with Crippen LogP contribution in [0, 0.1) is 5.82 Å². The minimum Gasteiger partial charge on any atom is -0.207 e. The van der Waals surface area contributed by atoms with E-state index in [1.807, 2.05) is 12.1 Å². The molecule has 0 radical (unpaired) electrons. The Kier molecular flexibility index (Phi) is 4.21. The summed E-state index contributed by atoms with van der Waals surface area (Å²) in [4.78, 5) is 0. The lowest BCUT2D eigenvalue weighted by atomic mass is 9.85. The van der Waals surface area contributed by atoms with Crippen molar-refractivity contribution in [3.8, 4) is 22.3 Å². The maximum Gasteiger partial charge on any atom is 0.123 e. The molecule has 0 saturated heterocycles. The first-order chi connectivity index (χ1) is 18.3. The Labute approximate surface area is 213 Å². The fourth-order valence-corrected chi connectivity index (χ4v) is 6.20.